The van der Waals surface area contributed by atoms with Crippen molar-refractivity contribution in [1.29, 1.82) is 0 Å². The van der Waals surface area contributed by atoms with Gasteiger partial charge in [-0.1, -0.05) is 72.4 Å². The molecule has 0 unspecified atom stereocenters. The van der Waals surface area contributed by atoms with Gasteiger partial charge < -0.3 is 30.3 Å². The molecule has 5 aromatic rings. The largest absolute Gasteiger partial charge is 0.508 e. The Labute approximate surface area is 276 Å². The van der Waals surface area contributed by atoms with Crippen LogP contribution in [0.1, 0.15) is 48.0 Å². The Morgan fingerprint density at radius 3 is 2.45 bits per heavy atom. The molecule has 0 aliphatic carbocycles. The van der Waals surface area contributed by atoms with Gasteiger partial charge in [-0.15, -0.1) is 5.10 Å². The first-order valence-electron chi connectivity index (χ1n) is 15.4. The van der Waals surface area contributed by atoms with Crippen LogP contribution < -0.4 is 10.6 Å². The van der Waals surface area contributed by atoms with Crippen molar-refractivity contribution in [3.63, 3.8) is 0 Å². The number of nitrogens with zero attached hydrogens (tertiary/aromatic N) is 4. The number of rotatable bonds is 11. The van der Waals surface area contributed by atoms with Gasteiger partial charge in [0, 0.05) is 30.8 Å². The Balaban J connectivity index is 1.22. The summed E-state index contributed by atoms with van der Waals surface area (Å²) < 4.78 is 14.8. The highest BCUT2D eigenvalue weighted by molar-refractivity contribution is 7.99. The second-order valence-corrected chi connectivity index (χ2v) is 12.1. The zero-order chi connectivity index (χ0) is 32.6. The number of benzene rings is 4. The molecule has 242 valence electrons. The lowest BCUT2D eigenvalue weighted by Crippen LogP contribution is -2.34. The van der Waals surface area contributed by atoms with E-state index in [-0.39, 0.29) is 30.6 Å². The van der Waals surface area contributed by atoms with E-state index in [9.17, 15) is 15.0 Å². The fourth-order valence-corrected chi connectivity index (χ4v) is 6.25. The molecule has 1 aliphatic rings. The second-order valence-electron chi connectivity index (χ2n) is 11.1. The summed E-state index contributed by atoms with van der Waals surface area (Å²) in [4.78, 5) is 11.9. The maximum absolute atomic E-state index is 11.9. The molecule has 1 saturated heterocycles. The fraction of sp³-hybridized carbons (Fsp3) is 0.257. The van der Waals surface area contributed by atoms with Crippen molar-refractivity contribution in [2.45, 2.75) is 50.2 Å². The predicted molar refractivity (Wildman–Crippen MR) is 178 cm³/mol. The van der Waals surface area contributed by atoms with Gasteiger partial charge in [-0.3, -0.25) is 0 Å². The van der Waals surface area contributed by atoms with Crippen molar-refractivity contribution >= 4 is 17.8 Å². The first kappa shape index (κ1) is 32.2. The highest BCUT2D eigenvalue weighted by Gasteiger charge is 2.33. The summed E-state index contributed by atoms with van der Waals surface area (Å²) in [5, 5.41) is 37.7. The van der Waals surface area contributed by atoms with Gasteiger partial charge in [0.1, 0.15) is 5.75 Å². The number of phenolic OH excluding ortho intramolecular Hbond substituents is 1. The highest BCUT2D eigenvalue weighted by Crippen LogP contribution is 2.40. The van der Waals surface area contributed by atoms with Crippen LogP contribution in [-0.2, 0) is 22.6 Å². The molecule has 2 amide bonds. The number of urea groups is 1. The number of carbonyl (C=O) groups is 1. The van der Waals surface area contributed by atoms with Crippen LogP contribution in [0.5, 0.6) is 5.75 Å². The Kier molecular flexibility index (Phi) is 10.4. The molecule has 0 radical (unpaired) electrons. The van der Waals surface area contributed by atoms with Crippen molar-refractivity contribution in [2.75, 3.05) is 12.3 Å². The third-order valence-corrected chi connectivity index (χ3v) is 8.81. The number of aliphatic hydroxyl groups excluding tert-OH is 1. The third kappa shape index (κ3) is 8.16. The summed E-state index contributed by atoms with van der Waals surface area (Å²) in [5.74, 6) is 0.741. The molecule has 4 N–H and O–H groups in total. The van der Waals surface area contributed by atoms with Crippen LogP contribution in [0.3, 0.4) is 0 Å². The first-order valence-corrected chi connectivity index (χ1v) is 16.4. The number of aromatic nitrogens is 4. The number of hydrogen-bond acceptors (Lipinski definition) is 9. The summed E-state index contributed by atoms with van der Waals surface area (Å²) in [5.41, 5.74) is 6.47. The minimum Gasteiger partial charge on any atom is -0.508 e. The van der Waals surface area contributed by atoms with Crippen LogP contribution >= 0.6 is 11.8 Å². The zero-order valence-electron chi connectivity index (χ0n) is 25.8. The standard InChI is InChI=1S/C35H36N6O5S/c1-2-36-34(44)37-20-24-5-3-6-26(17-24)27-7-4-8-28(18-27)33-45-31(19-32(46-33)25-11-9-23(21-42)10-12-25)22-47-35-38-39-40-41(35)29-13-15-30(43)16-14-29/h3-18,31-33,42-43H,2,19-22H2,1H3,(H2,36,37,44)/t31-,32+,33+/m0/s1. The summed E-state index contributed by atoms with van der Waals surface area (Å²) in [6, 6.07) is 30.5. The van der Waals surface area contributed by atoms with Gasteiger partial charge in [0.25, 0.3) is 0 Å². The van der Waals surface area contributed by atoms with Crippen molar-refractivity contribution in [1.82, 2.24) is 30.8 Å². The lowest BCUT2D eigenvalue weighted by molar-refractivity contribution is -0.245. The fourth-order valence-electron chi connectivity index (χ4n) is 5.35. The van der Waals surface area contributed by atoms with Gasteiger partial charge in [-0.05, 0) is 81.6 Å². The number of phenols is 1. The molecule has 0 bridgehead atoms. The number of aromatic hydroxyl groups is 1. The number of hydrogen-bond donors (Lipinski definition) is 4. The topological polar surface area (TPSA) is 144 Å². The van der Waals surface area contributed by atoms with Gasteiger partial charge in [0.05, 0.1) is 24.5 Å². The number of nitrogens with one attached hydrogen (secondary N) is 2. The first-order chi connectivity index (χ1) is 23.0. The third-order valence-electron chi connectivity index (χ3n) is 7.76. The molecule has 6 rings (SSSR count). The summed E-state index contributed by atoms with van der Waals surface area (Å²) in [6.07, 6.45) is -0.457. The Hall–Kier alpha value is -4.75. The van der Waals surface area contributed by atoms with Crippen molar-refractivity contribution in [2.24, 2.45) is 0 Å². The van der Waals surface area contributed by atoms with E-state index in [0.29, 0.717) is 30.4 Å². The van der Waals surface area contributed by atoms with Gasteiger partial charge in [0.2, 0.25) is 5.16 Å². The number of ether oxygens (including phenoxy) is 2. The van der Waals surface area contributed by atoms with E-state index >= 15 is 0 Å². The molecule has 11 nitrogen and oxygen atoms in total. The van der Waals surface area contributed by atoms with Crippen molar-refractivity contribution in [3.05, 3.63) is 119 Å². The van der Waals surface area contributed by atoms with Crippen LogP contribution in [0, 0.1) is 0 Å². The smallest absolute Gasteiger partial charge is 0.315 e. The van der Waals surface area contributed by atoms with E-state index in [1.165, 1.54) is 11.8 Å². The van der Waals surface area contributed by atoms with Crippen LogP contribution in [0.2, 0.25) is 0 Å². The van der Waals surface area contributed by atoms with Gasteiger partial charge in [-0.2, -0.15) is 4.68 Å². The molecule has 1 aromatic heterocycles. The number of carbonyl (C=O) groups excluding carboxylic acids is 1. The molecule has 4 aromatic carbocycles. The molecule has 1 aliphatic heterocycles. The Morgan fingerprint density at radius 1 is 0.915 bits per heavy atom. The Bertz CT molecular complexity index is 1780. The van der Waals surface area contributed by atoms with Crippen molar-refractivity contribution in [3.8, 4) is 22.6 Å². The van der Waals surface area contributed by atoms with E-state index < -0.39 is 6.29 Å². The van der Waals surface area contributed by atoms with Gasteiger partial charge in [0.15, 0.2) is 6.29 Å². The average Bonchev–Trinajstić information content (AvgIpc) is 3.59. The lowest BCUT2D eigenvalue weighted by atomic mass is 9.99. The minimum atomic E-state index is -0.632. The molecule has 47 heavy (non-hydrogen) atoms. The van der Waals surface area contributed by atoms with E-state index in [4.69, 9.17) is 9.47 Å². The maximum atomic E-state index is 11.9. The number of thioether (sulfide) groups is 1. The number of amides is 2. The molecular formula is C35H36N6O5S. The van der Waals surface area contributed by atoms with E-state index in [1.54, 1.807) is 28.9 Å². The van der Waals surface area contributed by atoms with Gasteiger partial charge in [-0.25, -0.2) is 4.79 Å². The average molecular weight is 653 g/mol. The number of aliphatic hydroxyl groups is 1. The SMILES string of the molecule is CCNC(=O)NCc1cccc(-c2cccc([C@@H]3O[C@H](CSc4nnnn4-c4ccc(O)cc4)C[C@H](c4ccc(CO)cc4)O3)c2)c1. The predicted octanol–water partition coefficient (Wildman–Crippen LogP) is 5.68. The van der Waals surface area contributed by atoms with Crippen LogP contribution in [0.15, 0.2) is 102 Å². The molecule has 0 saturated carbocycles. The van der Waals surface area contributed by atoms with Crippen LogP contribution in [-0.4, -0.2) is 54.9 Å². The normalized spacial score (nSPS) is 17.7. The molecule has 3 atom stereocenters. The van der Waals surface area contributed by atoms with Crippen LogP contribution in [0.4, 0.5) is 4.79 Å². The zero-order valence-corrected chi connectivity index (χ0v) is 26.6. The molecular weight excluding hydrogens is 616 g/mol. The minimum absolute atomic E-state index is 0.0253. The molecule has 12 heteroatoms. The summed E-state index contributed by atoms with van der Waals surface area (Å²) in [7, 11) is 0. The van der Waals surface area contributed by atoms with Crippen LogP contribution in [0.25, 0.3) is 16.8 Å². The van der Waals surface area contributed by atoms with Crippen molar-refractivity contribution < 1.29 is 24.5 Å². The Morgan fingerprint density at radius 2 is 1.68 bits per heavy atom. The summed E-state index contributed by atoms with van der Waals surface area (Å²) in [6.45, 7) is 2.84. The second kappa shape index (κ2) is 15.2. The van der Waals surface area contributed by atoms with E-state index in [0.717, 1.165) is 39.1 Å². The monoisotopic (exact) mass is 652 g/mol. The van der Waals surface area contributed by atoms with Gasteiger partial charge >= 0.3 is 6.03 Å². The number of tetrazole rings is 1. The van der Waals surface area contributed by atoms with E-state index in [1.807, 2.05) is 67.6 Å². The quantitative estimate of drug-likeness (QED) is 0.132. The summed E-state index contributed by atoms with van der Waals surface area (Å²) >= 11 is 1.49. The molecule has 2 heterocycles. The molecule has 0 spiro atoms. The molecule has 1 fully saturated rings. The maximum Gasteiger partial charge on any atom is 0.315 e. The van der Waals surface area contributed by atoms with E-state index in [2.05, 4.69) is 38.3 Å². The lowest BCUT2D eigenvalue weighted by Gasteiger charge is -2.36. The highest BCUT2D eigenvalue weighted by atomic mass is 32.2.